The summed E-state index contributed by atoms with van der Waals surface area (Å²) in [7, 11) is 0. The van der Waals surface area contributed by atoms with E-state index in [9.17, 15) is 9.59 Å². The molecule has 0 spiro atoms. The molecule has 1 aromatic rings. The number of hydrogen-bond donors (Lipinski definition) is 0. The van der Waals surface area contributed by atoms with E-state index in [0.29, 0.717) is 25.9 Å². The van der Waals surface area contributed by atoms with Crippen molar-refractivity contribution < 1.29 is 9.59 Å². The van der Waals surface area contributed by atoms with Gasteiger partial charge in [-0.3, -0.25) is 9.59 Å². The molecule has 1 fully saturated rings. The fourth-order valence-electron chi connectivity index (χ4n) is 1.55. The van der Waals surface area contributed by atoms with E-state index in [1.807, 2.05) is 11.4 Å². The van der Waals surface area contributed by atoms with Crippen LogP contribution >= 0.6 is 27.3 Å². The quantitative estimate of drug-likeness (QED) is 0.795. The summed E-state index contributed by atoms with van der Waals surface area (Å²) >= 11 is 4.77. The number of carbonyl (C=O) groups is 2. The van der Waals surface area contributed by atoms with Crippen LogP contribution in [0.15, 0.2) is 15.9 Å². The second-order valence-electron chi connectivity index (χ2n) is 3.43. The zero-order chi connectivity index (χ0) is 10.8. The van der Waals surface area contributed by atoms with Gasteiger partial charge in [-0.1, -0.05) is 0 Å². The highest BCUT2D eigenvalue weighted by Gasteiger charge is 2.23. The number of nitrogens with zero attached hydrogens (tertiary/aromatic N) is 1. The molecule has 0 bridgehead atoms. The van der Waals surface area contributed by atoms with Crippen molar-refractivity contribution in [2.75, 3.05) is 13.1 Å². The molecular weight excluding hydrogens is 278 g/mol. The van der Waals surface area contributed by atoms with Crippen molar-refractivity contribution in [2.45, 2.75) is 12.8 Å². The van der Waals surface area contributed by atoms with Crippen molar-refractivity contribution >= 4 is 39.0 Å². The number of thiophene rings is 1. The summed E-state index contributed by atoms with van der Waals surface area (Å²) < 4.78 is 0.842. The van der Waals surface area contributed by atoms with E-state index in [1.54, 1.807) is 4.90 Å². The molecule has 5 heteroatoms. The van der Waals surface area contributed by atoms with E-state index in [2.05, 4.69) is 15.9 Å². The Labute approximate surface area is 100 Å². The van der Waals surface area contributed by atoms with Crippen LogP contribution in [0.2, 0.25) is 0 Å². The Morgan fingerprint density at radius 2 is 2.07 bits per heavy atom. The number of halogens is 1. The highest BCUT2D eigenvalue weighted by atomic mass is 79.9. The summed E-state index contributed by atoms with van der Waals surface area (Å²) in [6.45, 7) is 1.12. The summed E-state index contributed by atoms with van der Waals surface area (Å²) in [6, 6.07) is 1.87. The first-order valence-corrected chi connectivity index (χ1v) is 6.39. The Bertz CT molecular complexity index is 392. The highest BCUT2D eigenvalue weighted by molar-refractivity contribution is 9.10. The second-order valence-corrected chi connectivity index (χ2v) is 5.20. The maximum absolute atomic E-state index is 12.0. The minimum atomic E-state index is 0.0318. The number of piperidine rings is 1. The molecule has 2 rings (SSSR count). The number of Topliss-reactive ketones (excluding diaryl/α,β-unsaturated/α-hetero) is 1. The summed E-state index contributed by atoms with van der Waals surface area (Å²) in [5.41, 5.74) is 0. The van der Waals surface area contributed by atoms with E-state index < -0.39 is 0 Å². The van der Waals surface area contributed by atoms with Crippen molar-refractivity contribution in [3.8, 4) is 0 Å². The fraction of sp³-hybridized carbons (Fsp3) is 0.400. The van der Waals surface area contributed by atoms with Crippen molar-refractivity contribution in [3.05, 3.63) is 20.8 Å². The smallest absolute Gasteiger partial charge is 0.265 e. The molecule has 1 aliphatic heterocycles. The van der Waals surface area contributed by atoms with Gasteiger partial charge in [-0.05, 0) is 27.4 Å². The third-order valence-corrected chi connectivity index (χ3v) is 4.25. The molecule has 80 valence electrons. The van der Waals surface area contributed by atoms with Crippen LogP contribution < -0.4 is 0 Å². The molecule has 0 aliphatic carbocycles. The molecule has 1 aliphatic rings. The summed E-state index contributed by atoms with van der Waals surface area (Å²) in [5.74, 6) is 0.286. The molecule has 0 saturated carbocycles. The summed E-state index contributed by atoms with van der Waals surface area (Å²) in [5, 5.41) is 1.88. The van der Waals surface area contributed by atoms with Crippen LogP contribution in [0.5, 0.6) is 0 Å². The van der Waals surface area contributed by atoms with Gasteiger partial charge in [-0.15, -0.1) is 11.3 Å². The first-order chi connectivity index (χ1) is 7.18. The van der Waals surface area contributed by atoms with Crippen molar-refractivity contribution in [1.29, 1.82) is 0 Å². The number of ketones is 1. The minimum absolute atomic E-state index is 0.0318. The van der Waals surface area contributed by atoms with E-state index in [0.717, 1.165) is 9.35 Å². The molecule has 1 amide bonds. The predicted octanol–water partition coefficient (Wildman–Crippen LogP) is 2.32. The Hall–Kier alpha value is -0.680. The fourth-order valence-corrected chi connectivity index (χ4v) is 3.06. The van der Waals surface area contributed by atoms with E-state index in [-0.39, 0.29) is 11.7 Å². The lowest BCUT2D eigenvalue weighted by atomic mass is 10.1. The molecule has 0 N–H and O–H groups in total. The van der Waals surface area contributed by atoms with Crippen LogP contribution in [0.1, 0.15) is 22.5 Å². The summed E-state index contributed by atoms with van der Waals surface area (Å²) in [4.78, 5) is 25.5. The molecule has 0 unspecified atom stereocenters. The average molecular weight is 288 g/mol. The number of hydrogen-bond acceptors (Lipinski definition) is 3. The standard InChI is InChI=1S/C10H10BrNO2S/c11-8-3-6-15-9(8)10(14)12-4-1-7(13)2-5-12/h3,6H,1-2,4-5H2. The van der Waals surface area contributed by atoms with Gasteiger partial charge in [0.25, 0.3) is 5.91 Å². The molecule has 0 aromatic carbocycles. The van der Waals surface area contributed by atoms with Gasteiger partial charge in [0, 0.05) is 30.4 Å². The van der Waals surface area contributed by atoms with E-state index in [4.69, 9.17) is 0 Å². The lowest BCUT2D eigenvalue weighted by Gasteiger charge is -2.25. The van der Waals surface area contributed by atoms with Crippen LogP contribution in [0, 0.1) is 0 Å². The van der Waals surface area contributed by atoms with Gasteiger partial charge in [0.15, 0.2) is 0 Å². The molecule has 1 aromatic heterocycles. The molecule has 0 radical (unpaired) electrons. The zero-order valence-electron chi connectivity index (χ0n) is 8.03. The molecule has 0 atom stereocenters. The minimum Gasteiger partial charge on any atom is -0.337 e. The van der Waals surface area contributed by atoms with Gasteiger partial charge in [0.2, 0.25) is 0 Å². The van der Waals surface area contributed by atoms with Crippen LogP contribution in [0.4, 0.5) is 0 Å². The first kappa shape index (κ1) is 10.8. The Morgan fingerprint density at radius 3 is 2.60 bits per heavy atom. The van der Waals surface area contributed by atoms with Gasteiger partial charge in [-0.25, -0.2) is 0 Å². The molecule has 1 saturated heterocycles. The van der Waals surface area contributed by atoms with Crippen molar-refractivity contribution in [1.82, 2.24) is 4.90 Å². The van der Waals surface area contributed by atoms with Crippen LogP contribution in [0.25, 0.3) is 0 Å². The van der Waals surface area contributed by atoms with Gasteiger partial charge < -0.3 is 4.90 Å². The second kappa shape index (κ2) is 4.45. The number of likely N-dealkylation sites (tertiary alicyclic amines) is 1. The number of carbonyl (C=O) groups excluding carboxylic acids is 2. The lowest BCUT2D eigenvalue weighted by molar-refractivity contribution is -0.120. The lowest BCUT2D eigenvalue weighted by Crippen LogP contribution is -2.38. The summed E-state index contributed by atoms with van der Waals surface area (Å²) in [6.07, 6.45) is 0.990. The van der Waals surface area contributed by atoms with Gasteiger partial charge >= 0.3 is 0 Å². The van der Waals surface area contributed by atoms with Crippen LogP contribution in [-0.4, -0.2) is 29.7 Å². The maximum Gasteiger partial charge on any atom is 0.265 e. The third-order valence-electron chi connectivity index (χ3n) is 2.42. The number of amides is 1. The van der Waals surface area contributed by atoms with Gasteiger partial charge in [-0.2, -0.15) is 0 Å². The largest absolute Gasteiger partial charge is 0.337 e. The third kappa shape index (κ3) is 2.29. The molecule has 2 heterocycles. The Morgan fingerprint density at radius 1 is 1.40 bits per heavy atom. The first-order valence-electron chi connectivity index (χ1n) is 4.72. The number of rotatable bonds is 1. The Kier molecular flexibility index (Phi) is 3.21. The van der Waals surface area contributed by atoms with Crippen molar-refractivity contribution in [2.24, 2.45) is 0 Å². The molecule has 3 nitrogen and oxygen atoms in total. The zero-order valence-corrected chi connectivity index (χ0v) is 10.4. The van der Waals surface area contributed by atoms with E-state index >= 15 is 0 Å². The monoisotopic (exact) mass is 287 g/mol. The maximum atomic E-state index is 12.0. The van der Waals surface area contributed by atoms with Gasteiger partial charge in [0.1, 0.15) is 10.7 Å². The SMILES string of the molecule is O=C1CCN(C(=O)c2sccc2Br)CC1. The highest BCUT2D eigenvalue weighted by Crippen LogP contribution is 2.25. The topological polar surface area (TPSA) is 37.4 Å². The molecular formula is C10H10BrNO2S. The van der Waals surface area contributed by atoms with Crippen LogP contribution in [0.3, 0.4) is 0 Å². The predicted molar refractivity (Wildman–Crippen MR) is 62.2 cm³/mol. The van der Waals surface area contributed by atoms with Crippen molar-refractivity contribution in [3.63, 3.8) is 0 Å². The van der Waals surface area contributed by atoms with E-state index in [1.165, 1.54) is 11.3 Å². The molecule has 15 heavy (non-hydrogen) atoms. The Balaban J connectivity index is 2.09. The van der Waals surface area contributed by atoms with Gasteiger partial charge in [0.05, 0.1) is 0 Å². The average Bonchev–Trinajstić information content (AvgIpc) is 2.65. The normalized spacial score (nSPS) is 16.9. The van der Waals surface area contributed by atoms with Crippen LogP contribution in [-0.2, 0) is 4.79 Å².